The molecule has 1 saturated heterocycles. The Bertz CT molecular complexity index is 297. The van der Waals surface area contributed by atoms with E-state index < -0.39 is 0 Å². The topological polar surface area (TPSA) is 24.1 Å². The van der Waals surface area contributed by atoms with Crippen molar-refractivity contribution >= 4 is 6.08 Å². The summed E-state index contributed by atoms with van der Waals surface area (Å²) in [6.07, 6.45) is 1.87. The maximum atomic E-state index is 3.75. The second-order valence-corrected chi connectivity index (χ2v) is 3.58. The number of rotatable bonds is 2. The third-order valence-corrected chi connectivity index (χ3v) is 2.62. The molecule has 2 nitrogen and oxygen atoms in total. The molecule has 2 N–H and O–H groups in total. The first-order chi connectivity index (χ1) is 6.90. The van der Waals surface area contributed by atoms with Crippen molar-refractivity contribution < 1.29 is 0 Å². The van der Waals surface area contributed by atoms with Gasteiger partial charge in [-0.2, -0.15) is 0 Å². The second kappa shape index (κ2) is 4.40. The Balaban J connectivity index is 2.11. The molecule has 0 unspecified atom stereocenters. The summed E-state index contributed by atoms with van der Waals surface area (Å²) >= 11 is 0. The smallest absolute Gasteiger partial charge is 0.0447 e. The van der Waals surface area contributed by atoms with Crippen molar-refractivity contribution in [3.63, 3.8) is 0 Å². The summed E-state index contributed by atoms with van der Waals surface area (Å²) in [6.45, 7) is 6.89. The molecule has 0 amide bonds. The average Bonchev–Trinajstić information content (AvgIpc) is 2.30. The number of nitrogens with one attached hydrogen (secondary N) is 2. The lowest BCUT2D eigenvalue weighted by atomic mass is 10.0. The fourth-order valence-electron chi connectivity index (χ4n) is 1.75. The van der Waals surface area contributed by atoms with Gasteiger partial charge in [-0.15, -0.1) is 0 Å². The molecule has 0 aliphatic carbocycles. The van der Waals surface area contributed by atoms with E-state index in [0.29, 0.717) is 6.04 Å². The first-order valence-electron chi connectivity index (χ1n) is 5.06. The van der Waals surface area contributed by atoms with E-state index in [2.05, 4.69) is 41.5 Å². The third-order valence-electron chi connectivity index (χ3n) is 2.62. The standard InChI is InChI=1S/C12H16N2/c1-2-10-3-5-11(6-4-10)12-9-13-7-8-14-12/h2-6,12-14H,1,7-9H2/t12-/m1/s1. The summed E-state index contributed by atoms with van der Waals surface area (Å²) in [4.78, 5) is 0. The van der Waals surface area contributed by atoms with Crippen molar-refractivity contribution in [3.05, 3.63) is 42.0 Å². The van der Waals surface area contributed by atoms with Gasteiger partial charge in [0, 0.05) is 25.7 Å². The zero-order valence-corrected chi connectivity index (χ0v) is 8.29. The molecule has 1 aliphatic heterocycles. The first kappa shape index (κ1) is 9.44. The van der Waals surface area contributed by atoms with Gasteiger partial charge < -0.3 is 10.6 Å². The van der Waals surface area contributed by atoms with Crippen molar-refractivity contribution in [2.45, 2.75) is 6.04 Å². The van der Waals surface area contributed by atoms with Gasteiger partial charge in [0.25, 0.3) is 0 Å². The lowest BCUT2D eigenvalue weighted by Gasteiger charge is -2.24. The molecule has 14 heavy (non-hydrogen) atoms. The van der Waals surface area contributed by atoms with Crippen molar-refractivity contribution in [1.82, 2.24) is 10.6 Å². The van der Waals surface area contributed by atoms with Crippen molar-refractivity contribution in [2.24, 2.45) is 0 Å². The van der Waals surface area contributed by atoms with E-state index in [-0.39, 0.29) is 0 Å². The van der Waals surface area contributed by atoms with Crippen LogP contribution in [0.5, 0.6) is 0 Å². The van der Waals surface area contributed by atoms with Crippen LogP contribution in [0, 0.1) is 0 Å². The molecule has 1 aromatic rings. The highest BCUT2D eigenvalue weighted by Crippen LogP contribution is 2.14. The first-order valence-corrected chi connectivity index (χ1v) is 5.06. The Hall–Kier alpha value is -1.12. The zero-order chi connectivity index (χ0) is 9.80. The molecule has 74 valence electrons. The van der Waals surface area contributed by atoms with Crippen LogP contribution in [0.4, 0.5) is 0 Å². The minimum atomic E-state index is 0.461. The molecule has 2 heteroatoms. The average molecular weight is 188 g/mol. The lowest BCUT2D eigenvalue weighted by Crippen LogP contribution is -2.42. The monoisotopic (exact) mass is 188 g/mol. The molecular weight excluding hydrogens is 172 g/mol. The van der Waals surface area contributed by atoms with Crippen LogP contribution >= 0.6 is 0 Å². The lowest BCUT2D eigenvalue weighted by molar-refractivity contribution is 0.430. The van der Waals surface area contributed by atoms with Crippen molar-refractivity contribution in [3.8, 4) is 0 Å². The molecule has 0 aromatic heterocycles. The molecule has 1 fully saturated rings. The van der Waals surface area contributed by atoms with E-state index in [1.165, 1.54) is 11.1 Å². The Kier molecular flexibility index (Phi) is 2.96. The van der Waals surface area contributed by atoms with Gasteiger partial charge in [0.1, 0.15) is 0 Å². The predicted octanol–water partition coefficient (Wildman–Crippen LogP) is 1.56. The normalized spacial score (nSPS) is 21.9. The minimum absolute atomic E-state index is 0.461. The van der Waals surface area contributed by atoms with E-state index in [4.69, 9.17) is 0 Å². The summed E-state index contributed by atoms with van der Waals surface area (Å²) in [5, 5.41) is 6.86. The molecule has 1 aliphatic rings. The van der Waals surface area contributed by atoms with Gasteiger partial charge >= 0.3 is 0 Å². The van der Waals surface area contributed by atoms with Gasteiger partial charge in [0.2, 0.25) is 0 Å². The van der Waals surface area contributed by atoms with Crippen molar-refractivity contribution in [2.75, 3.05) is 19.6 Å². The molecule has 0 radical (unpaired) electrons. The molecular formula is C12H16N2. The van der Waals surface area contributed by atoms with Crippen LogP contribution < -0.4 is 10.6 Å². The Morgan fingerprint density at radius 3 is 2.57 bits per heavy atom. The molecule has 1 aromatic carbocycles. The van der Waals surface area contributed by atoms with E-state index in [1.807, 2.05) is 6.08 Å². The maximum absolute atomic E-state index is 3.75. The third kappa shape index (κ3) is 2.03. The second-order valence-electron chi connectivity index (χ2n) is 3.58. The van der Waals surface area contributed by atoms with Crippen LogP contribution in [0.3, 0.4) is 0 Å². The predicted molar refractivity (Wildman–Crippen MR) is 60.1 cm³/mol. The number of benzene rings is 1. The maximum Gasteiger partial charge on any atom is 0.0447 e. The number of hydrogen-bond donors (Lipinski definition) is 2. The van der Waals surface area contributed by atoms with Crippen LogP contribution in [0.1, 0.15) is 17.2 Å². The molecule has 0 bridgehead atoms. The van der Waals surface area contributed by atoms with Gasteiger partial charge in [0.05, 0.1) is 0 Å². The van der Waals surface area contributed by atoms with Crippen molar-refractivity contribution in [1.29, 1.82) is 0 Å². The number of hydrogen-bond acceptors (Lipinski definition) is 2. The summed E-state index contributed by atoms with van der Waals surface area (Å²) in [5.74, 6) is 0. The highest BCUT2D eigenvalue weighted by Gasteiger charge is 2.13. The van der Waals surface area contributed by atoms with Gasteiger partial charge in [-0.25, -0.2) is 0 Å². The summed E-state index contributed by atoms with van der Waals surface area (Å²) in [6, 6.07) is 9.02. The molecule has 0 spiro atoms. The summed E-state index contributed by atoms with van der Waals surface area (Å²) in [5.41, 5.74) is 2.53. The van der Waals surface area contributed by atoms with E-state index in [1.54, 1.807) is 0 Å². The van der Waals surface area contributed by atoms with E-state index in [0.717, 1.165) is 19.6 Å². The van der Waals surface area contributed by atoms with Crippen LogP contribution in [0.15, 0.2) is 30.8 Å². The van der Waals surface area contributed by atoms with Gasteiger partial charge in [-0.05, 0) is 11.1 Å². The molecule has 1 atom stereocenters. The van der Waals surface area contributed by atoms with Gasteiger partial charge in [-0.1, -0.05) is 36.9 Å². The summed E-state index contributed by atoms with van der Waals surface area (Å²) in [7, 11) is 0. The summed E-state index contributed by atoms with van der Waals surface area (Å²) < 4.78 is 0. The number of piperazine rings is 1. The fourth-order valence-corrected chi connectivity index (χ4v) is 1.75. The quantitative estimate of drug-likeness (QED) is 0.736. The highest BCUT2D eigenvalue weighted by molar-refractivity contribution is 5.47. The highest BCUT2D eigenvalue weighted by atomic mass is 15.1. The zero-order valence-electron chi connectivity index (χ0n) is 8.29. The van der Waals surface area contributed by atoms with E-state index in [9.17, 15) is 0 Å². The fraction of sp³-hybridized carbons (Fsp3) is 0.333. The van der Waals surface area contributed by atoms with Crippen LogP contribution in [0.25, 0.3) is 6.08 Å². The Morgan fingerprint density at radius 1 is 1.21 bits per heavy atom. The van der Waals surface area contributed by atoms with Crippen LogP contribution in [-0.2, 0) is 0 Å². The molecule has 1 heterocycles. The van der Waals surface area contributed by atoms with E-state index >= 15 is 0 Å². The van der Waals surface area contributed by atoms with Crippen LogP contribution in [-0.4, -0.2) is 19.6 Å². The van der Waals surface area contributed by atoms with Gasteiger partial charge in [0.15, 0.2) is 0 Å². The van der Waals surface area contributed by atoms with Crippen LogP contribution in [0.2, 0.25) is 0 Å². The van der Waals surface area contributed by atoms with Gasteiger partial charge in [-0.3, -0.25) is 0 Å². The Morgan fingerprint density at radius 2 is 2.00 bits per heavy atom. The molecule has 0 saturated carbocycles. The SMILES string of the molecule is C=Cc1ccc([C@H]2CNCCN2)cc1. The molecule has 2 rings (SSSR count). The largest absolute Gasteiger partial charge is 0.314 e. The Labute approximate surface area is 85.0 Å². The minimum Gasteiger partial charge on any atom is -0.314 e.